The largest absolute Gasteiger partial charge is 0.444 e. The second-order valence-corrected chi connectivity index (χ2v) is 3.66. The van der Waals surface area contributed by atoms with Gasteiger partial charge in [0.1, 0.15) is 5.76 Å². The topological polar surface area (TPSA) is 62.6 Å². The molecule has 0 spiro atoms. The van der Waals surface area contributed by atoms with Gasteiger partial charge in [-0.1, -0.05) is 0 Å². The maximum Gasteiger partial charge on any atom is 0.195 e. The van der Waals surface area contributed by atoms with E-state index in [4.69, 9.17) is 15.3 Å². The van der Waals surface area contributed by atoms with Crippen LogP contribution in [0.5, 0.6) is 0 Å². The van der Waals surface area contributed by atoms with Crippen molar-refractivity contribution in [3.63, 3.8) is 0 Å². The number of rotatable bonds is 3. The summed E-state index contributed by atoms with van der Waals surface area (Å²) in [6.45, 7) is 2.04. The molecule has 3 N–H and O–H groups in total. The Morgan fingerprint density at radius 2 is 2.14 bits per heavy atom. The summed E-state index contributed by atoms with van der Waals surface area (Å²) in [4.78, 5) is 2.20. The Kier molecular flexibility index (Phi) is 2.74. The van der Waals surface area contributed by atoms with Crippen LogP contribution in [0.3, 0.4) is 0 Å². The number of furan rings is 1. The predicted octanol–water partition coefficient (Wildman–Crippen LogP) is 0.872. The van der Waals surface area contributed by atoms with Crippen LogP contribution in [0.1, 0.15) is 24.6 Å². The van der Waals surface area contributed by atoms with Gasteiger partial charge in [0.05, 0.1) is 12.6 Å². The highest BCUT2D eigenvalue weighted by Gasteiger charge is 2.17. The molecule has 1 saturated heterocycles. The summed E-state index contributed by atoms with van der Waals surface area (Å²) >= 11 is 0. The van der Waals surface area contributed by atoms with E-state index in [2.05, 4.69) is 4.90 Å². The summed E-state index contributed by atoms with van der Waals surface area (Å²) in [5, 5.41) is 8.86. The van der Waals surface area contributed by atoms with Gasteiger partial charge in [-0.05, 0) is 18.9 Å². The molecule has 1 aromatic rings. The normalized spacial score (nSPS) is 18.9. The maximum absolute atomic E-state index is 8.86. The van der Waals surface area contributed by atoms with Gasteiger partial charge < -0.3 is 20.2 Å². The first-order valence-corrected chi connectivity index (χ1v) is 5.02. The summed E-state index contributed by atoms with van der Waals surface area (Å²) < 4.78 is 5.56. The zero-order chi connectivity index (χ0) is 9.97. The van der Waals surface area contributed by atoms with Crippen molar-refractivity contribution in [1.29, 1.82) is 0 Å². The van der Waals surface area contributed by atoms with Crippen LogP contribution in [0.4, 0.5) is 5.88 Å². The minimum Gasteiger partial charge on any atom is -0.444 e. The van der Waals surface area contributed by atoms with Crippen molar-refractivity contribution in [3.8, 4) is 0 Å². The second-order valence-electron chi connectivity index (χ2n) is 3.66. The first-order chi connectivity index (χ1) is 6.81. The van der Waals surface area contributed by atoms with Gasteiger partial charge in [-0.2, -0.15) is 0 Å². The molecule has 0 amide bonds. The number of nitrogens with two attached hydrogens (primary N) is 1. The van der Waals surface area contributed by atoms with Gasteiger partial charge in [0.25, 0.3) is 0 Å². The molecule has 0 aromatic carbocycles. The molecular weight excluding hydrogens is 180 g/mol. The Hall–Kier alpha value is -1.00. The fraction of sp³-hybridized carbons (Fsp3) is 0.600. The third kappa shape index (κ3) is 1.76. The van der Waals surface area contributed by atoms with Crippen molar-refractivity contribution in [2.24, 2.45) is 5.73 Å². The van der Waals surface area contributed by atoms with Crippen molar-refractivity contribution >= 4 is 5.88 Å². The minimum absolute atomic E-state index is 0.0764. The van der Waals surface area contributed by atoms with Gasteiger partial charge in [0.15, 0.2) is 5.88 Å². The first-order valence-electron chi connectivity index (χ1n) is 5.02. The minimum atomic E-state index is -0.397. The quantitative estimate of drug-likeness (QED) is 0.753. The molecule has 1 fully saturated rings. The van der Waals surface area contributed by atoms with Crippen LogP contribution in [-0.4, -0.2) is 24.8 Å². The van der Waals surface area contributed by atoms with Gasteiger partial charge in [-0.3, -0.25) is 0 Å². The van der Waals surface area contributed by atoms with Crippen LogP contribution in [0.2, 0.25) is 0 Å². The highest BCUT2D eigenvalue weighted by molar-refractivity contribution is 5.37. The molecule has 1 aromatic heterocycles. The monoisotopic (exact) mass is 196 g/mol. The molecule has 14 heavy (non-hydrogen) atoms. The number of nitrogens with zero attached hydrogens (tertiary/aromatic N) is 1. The molecular formula is C10H16N2O2. The van der Waals surface area contributed by atoms with Crippen LogP contribution in [0.15, 0.2) is 16.5 Å². The molecule has 0 aliphatic carbocycles. The molecule has 78 valence electrons. The van der Waals surface area contributed by atoms with Crippen molar-refractivity contribution in [2.45, 2.75) is 18.9 Å². The molecule has 0 bridgehead atoms. The van der Waals surface area contributed by atoms with E-state index in [1.54, 1.807) is 0 Å². The van der Waals surface area contributed by atoms with E-state index in [0.717, 1.165) is 19.0 Å². The summed E-state index contributed by atoms with van der Waals surface area (Å²) in [5.41, 5.74) is 5.64. The Morgan fingerprint density at radius 3 is 2.79 bits per heavy atom. The lowest BCUT2D eigenvalue weighted by molar-refractivity contribution is 0.252. The Labute approximate surface area is 83.3 Å². The van der Waals surface area contributed by atoms with E-state index in [1.165, 1.54) is 12.8 Å². The van der Waals surface area contributed by atoms with Gasteiger partial charge >= 0.3 is 0 Å². The fourth-order valence-electron chi connectivity index (χ4n) is 1.74. The van der Waals surface area contributed by atoms with Gasteiger partial charge in [-0.25, -0.2) is 0 Å². The second kappa shape index (κ2) is 4.02. The Balaban J connectivity index is 2.08. The summed E-state index contributed by atoms with van der Waals surface area (Å²) in [6.07, 6.45) is 2.45. The zero-order valence-electron chi connectivity index (χ0n) is 8.15. The van der Waals surface area contributed by atoms with Crippen LogP contribution in [0, 0.1) is 0 Å². The highest BCUT2D eigenvalue weighted by atomic mass is 16.4. The first kappa shape index (κ1) is 9.55. The third-order valence-corrected chi connectivity index (χ3v) is 2.59. The number of hydrogen-bond acceptors (Lipinski definition) is 4. The smallest absolute Gasteiger partial charge is 0.195 e. The highest BCUT2D eigenvalue weighted by Crippen LogP contribution is 2.24. The zero-order valence-corrected chi connectivity index (χ0v) is 8.15. The molecule has 0 unspecified atom stereocenters. The van der Waals surface area contributed by atoms with E-state index in [-0.39, 0.29) is 6.61 Å². The van der Waals surface area contributed by atoms with Crippen molar-refractivity contribution in [3.05, 3.63) is 17.9 Å². The summed E-state index contributed by atoms with van der Waals surface area (Å²) in [6, 6.07) is 3.37. The molecule has 0 radical (unpaired) electrons. The molecule has 2 rings (SSSR count). The van der Waals surface area contributed by atoms with Crippen LogP contribution in [0.25, 0.3) is 0 Å². The van der Waals surface area contributed by atoms with E-state index in [1.807, 2.05) is 12.1 Å². The summed E-state index contributed by atoms with van der Waals surface area (Å²) in [7, 11) is 0. The summed E-state index contributed by atoms with van der Waals surface area (Å²) in [5.74, 6) is 1.54. The molecule has 1 atom stereocenters. The van der Waals surface area contributed by atoms with E-state index in [9.17, 15) is 0 Å². The Morgan fingerprint density at radius 1 is 1.43 bits per heavy atom. The molecule has 4 heteroatoms. The predicted molar refractivity (Wildman–Crippen MR) is 54.2 cm³/mol. The number of hydrogen-bond donors (Lipinski definition) is 2. The third-order valence-electron chi connectivity index (χ3n) is 2.59. The lowest BCUT2D eigenvalue weighted by atomic mass is 10.2. The van der Waals surface area contributed by atoms with Crippen molar-refractivity contribution < 1.29 is 9.52 Å². The SMILES string of the molecule is N[C@H](CO)c1ccc(N2CCCC2)o1. The number of aliphatic hydroxyl groups is 1. The molecule has 0 saturated carbocycles. The van der Waals surface area contributed by atoms with Gasteiger partial charge in [0.2, 0.25) is 0 Å². The average Bonchev–Trinajstić information content (AvgIpc) is 2.86. The van der Waals surface area contributed by atoms with Crippen LogP contribution in [-0.2, 0) is 0 Å². The van der Waals surface area contributed by atoms with Crippen LogP contribution >= 0.6 is 0 Å². The van der Waals surface area contributed by atoms with E-state index >= 15 is 0 Å². The molecule has 2 heterocycles. The fourth-order valence-corrected chi connectivity index (χ4v) is 1.74. The van der Waals surface area contributed by atoms with Gasteiger partial charge in [0, 0.05) is 19.2 Å². The standard InChI is InChI=1S/C10H16N2O2/c11-8(7-13)9-3-4-10(14-9)12-5-1-2-6-12/h3-4,8,13H,1-2,5-7,11H2/t8-/m1/s1. The van der Waals surface area contributed by atoms with Gasteiger partial charge in [-0.15, -0.1) is 0 Å². The number of anilines is 1. The van der Waals surface area contributed by atoms with Crippen LogP contribution < -0.4 is 10.6 Å². The molecule has 1 aliphatic rings. The number of aliphatic hydroxyl groups excluding tert-OH is 1. The van der Waals surface area contributed by atoms with Crippen molar-refractivity contribution in [2.75, 3.05) is 24.6 Å². The van der Waals surface area contributed by atoms with Crippen molar-refractivity contribution in [1.82, 2.24) is 0 Å². The maximum atomic E-state index is 8.86. The van der Waals surface area contributed by atoms with E-state index < -0.39 is 6.04 Å². The molecule has 1 aliphatic heterocycles. The lowest BCUT2D eigenvalue weighted by Crippen LogP contribution is -2.17. The Bertz CT molecular complexity index is 292. The average molecular weight is 196 g/mol. The lowest BCUT2D eigenvalue weighted by Gasteiger charge is -2.13. The van der Waals surface area contributed by atoms with E-state index in [0.29, 0.717) is 5.76 Å². The molecule has 4 nitrogen and oxygen atoms in total.